The van der Waals surface area contributed by atoms with Crippen molar-refractivity contribution in [1.82, 2.24) is 24.8 Å². The van der Waals surface area contributed by atoms with Crippen molar-refractivity contribution in [2.75, 3.05) is 44.3 Å². The van der Waals surface area contributed by atoms with E-state index in [2.05, 4.69) is 16.7 Å². The van der Waals surface area contributed by atoms with Crippen LogP contribution in [0.3, 0.4) is 0 Å². The number of rotatable bonds is 7. The number of amides is 1. The first-order chi connectivity index (χ1) is 25.8. The van der Waals surface area contributed by atoms with Crippen molar-refractivity contribution < 1.29 is 37.3 Å². The molecule has 4 fully saturated rings. The van der Waals surface area contributed by atoms with Crippen molar-refractivity contribution in [3.63, 3.8) is 0 Å². The van der Waals surface area contributed by atoms with Gasteiger partial charge in [0, 0.05) is 37.8 Å². The van der Waals surface area contributed by atoms with Crippen molar-refractivity contribution in [1.29, 1.82) is 0 Å². The summed E-state index contributed by atoms with van der Waals surface area (Å²) in [6.07, 6.45) is 5.88. The molecule has 14 heteroatoms. The molecule has 6 heterocycles. The molecule has 0 saturated carbocycles. The smallest absolute Gasteiger partial charge is 0.461 e. The van der Waals surface area contributed by atoms with E-state index < -0.39 is 29.3 Å². The van der Waals surface area contributed by atoms with Crippen molar-refractivity contribution in [3.05, 3.63) is 35.3 Å². The molecule has 54 heavy (non-hydrogen) atoms. The zero-order valence-electron chi connectivity index (χ0n) is 31.8. The molecular formula is C40H50F2N6O6. The Morgan fingerprint density at radius 1 is 1.06 bits per heavy atom. The predicted molar refractivity (Wildman–Crippen MR) is 197 cm³/mol. The fourth-order valence-corrected chi connectivity index (χ4v) is 9.57. The molecule has 4 saturated heterocycles. The maximum atomic E-state index is 17.3. The highest BCUT2D eigenvalue weighted by molar-refractivity contribution is 5.92. The highest BCUT2D eigenvalue weighted by Gasteiger charge is 2.50. The van der Waals surface area contributed by atoms with Crippen LogP contribution in [0.1, 0.15) is 96.6 Å². The topological polar surface area (TPSA) is 119 Å². The molecule has 2 aromatic heterocycles. The van der Waals surface area contributed by atoms with E-state index in [0.29, 0.717) is 42.8 Å². The van der Waals surface area contributed by atoms with Crippen molar-refractivity contribution >= 4 is 29.0 Å². The van der Waals surface area contributed by atoms with Crippen molar-refractivity contribution in [2.45, 2.75) is 121 Å². The predicted octanol–water partition coefficient (Wildman–Crippen LogP) is 7.35. The average Bonchev–Trinajstić information content (AvgIpc) is 3.73. The van der Waals surface area contributed by atoms with Gasteiger partial charge in [-0.05, 0) is 108 Å². The summed E-state index contributed by atoms with van der Waals surface area (Å²) in [5.74, 6) is 0.202. The lowest BCUT2D eigenvalue weighted by Crippen LogP contribution is -2.57. The number of fused-ring (bicyclic) bond motifs is 5. The molecule has 0 N–H and O–H groups in total. The van der Waals surface area contributed by atoms with Gasteiger partial charge in [0.25, 0.3) is 0 Å². The van der Waals surface area contributed by atoms with Gasteiger partial charge in [0.15, 0.2) is 5.82 Å². The largest absolute Gasteiger partial charge is 0.513 e. The summed E-state index contributed by atoms with van der Waals surface area (Å²) in [5, 5.41) is 0.417. The molecule has 4 aliphatic heterocycles. The highest BCUT2D eigenvalue weighted by Crippen LogP contribution is 2.44. The molecule has 1 amide bonds. The summed E-state index contributed by atoms with van der Waals surface area (Å²) in [6.45, 7) is 11.8. The second kappa shape index (κ2) is 14.1. The van der Waals surface area contributed by atoms with Crippen LogP contribution in [-0.4, -0.2) is 106 Å². The number of hydrogen-bond donors (Lipinski definition) is 0. The Morgan fingerprint density at radius 2 is 1.83 bits per heavy atom. The molecule has 0 spiro atoms. The number of aromatic nitrogens is 3. The fourth-order valence-electron chi connectivity index (χ4n) is 9.57. The third-order valence-electron chi connectivity index (χ3n) is 11.8. The van der Waals surface area contributed by atoms with Gasteiger partial charge < -0.3 is 23.8 Å². The maximum absolute atomic E-state index is 17.3. The number of nitrogens with zero attached hydrogens (tertiary/aromatic N) is 6. The van der Waals surface area contributed by atoms with Crippen LogP contribution >= 0.6 is 0 Å². The monoisotopic (exact) mass is 748 g/mol. The van der Waals surface area contributed by atoms with Crippen LogP contribution in [0.15, 0.2) is 18.3 Å². The number of alkyl halides is 1. The quantitative estimate of drug-likeness (QED) is 0.178. The molecule has 8 rings (SSSR count). The van der Waals surface area contributed by atoms with Crippen LogP contribution in [0.4, 0.5) is 24.2 Å². The third-order valence-corrected chi connectivity index (χ3v) is 11.8. The maximum Gasteiger partial charge on any atom is 0.513 e. The zero-order chi connectivity index (χ0) is 37.9. The number of anilines is 1. The Labute approximate surface area is 314 Å². The van der Waals surface area contributed by atoms with Crippen molar-refractivity contribution in [2.24, 2.45) is 0 Å². The number of halogens is 2. The molecule has 5 atom stereocenters. The van der Waals surface area contributed by atoms with E-state index in [-0.39, 0.29) is 60.3 Å². The Balaban J connectivity index is 1.20. The van der Waals surface area contributed by atoms with Crippen LogP contribution in [0.2, 0.25) is 0 Å². The molecule has 1 aliphatic carbocycles. The number of aryl methyl sites for hydroxylation is 1. The first-order valence-electron chi connectivity index (χ1n) is 19.5. The van der Waals surface area contributed by atoms with Gasteiger partial charge in [-0.25, -0.2) is 18.4 Å². The molecule has 12 nitrogen and oxygen atoms in total. The van der Waals surface area contributed by atoms with Crippen LogP contribution in [0.25, 0.3) is 22.2 Å². The van der Waals surface area contributed by atoms with E-state index in [9.17, 15) is 14.0 Å². The van der Waals surface area contributed by atoms with Gasteiger partial charge in [0.1, 0.15) is 41.2 Å². The Kier molecular flexibility index (Phi) is 9.54. The fraction of sp³-hybridized carbons (Fsp3) is 0.625. The Bertz CT molecular complexity index is 1940. The van der Waals surface area contributed by atoms with Gasteiger partial charge in [0.2, 0.25) is 0 Å². The second-order valence-electron chi connectivity index (χ2n) is 16.7. The van der Waals surface area contributed by atoms with Crippen LogP contribution in [-0.2, 0) is 15.9 Å². The van der Waals surface area contributed by atoms with Crippen molar-refractivity contribution in [3.8, 4) is 23.0 Å². The normalized spacial score (nSPS) is 26.5. The molecule has 3 aromatic rings. The summed E-state index contributed by atoms with van der Waals surface area (Å²) >= 11 is 0. The van der Waals surface area contributed by atoms with Gasteiger partial charge in [-0.2, -0.15) is 9.97 Å². The zero-order valence-corrected chi connectivity index (χ0v) is 31.8. The van der Waals surface area contributed by atoms with E-state index in [0.717, 1.165) is 62.6 Å². The number of ether oxygens (including phenoxy) is 4. The minimum atomic E-state index is -0.929. The minimum Gasteiger partial charge on any atom is -0.461 e. The van der Waals surface area contributed by atoms with E-state index in [4.69, 9.17) is 33.9 Å². The third kappa shape index (κ3) is 6.79. The van der Waals surface area contributed by atoms with Crippen LogP contribution < -0.4 is 14.4 Å². The number of carbonyl (C=O) groups excluding carboxylic acids is 2. The summed E-state index contributed by atoms with van der Waals surface area (Å²) < 4.78 is 54.7. The average molecular weight is 749 g/mol. The molecule has 5 aliphatic rings. The molecular weight excluding hydrogens is 698 g/mol. The Hall–Kier alpha value is -4.33. The summed E-state index contributed by atoms with van der Waals surface area (Å²) in [4.78, 5) is 46.0. The first kappa shape index (κ1) is 36.6. The van der Waals surface area contributed by atoms with Gasteiger partial charge in [-0.15, -0.1) is 0 Å². The molecule has 290 valence electrons. The Morgan fingerprint density at radius 3 is 2.57 bits per heavy atom. The number of hydrogen-bond acceptors (Lipinski definition) is 11. The van der Waals surface area contributed by atoms with E-state index in [1.807, 2.05) is 31.7 Å². The van der Waals surface area contributed by atoms with Gasteiger partial charge in [-0.3, -0.25) is 14.8 Å². The second-order valence-corrected chi connectivity index (χ2v) is 16.7. The lowest BCUT2D eigenvalue weighted by Gasteiger charge is -2.42. The number of pyridine rings is 1. The minimum absolute atomic E-state index is 0.00814. The standard InChI is InChI=1S/C40H50F2N6O6/c1-6-51-38(50)53-28-15-24-10-7-9-23(2)31(24)29(16-28)33-32(42)34-30(18-43-33)35(45-36(44-34)52-22-40-13-8-14-47(40)19-25(41)17-40)46-20-26-11-12-27(21-46)48(26)37(49)54-39(3,4)5/h15-16,18,23,25-27H,6-14,17,19-22H2,1-5H3/t23?,25-,26-,27+,40+/m1/s1. The molecule has 1 unspecified atom stereocenters. The lowest BCUT2D eigenvalue weighted by molar-refractivity contribution is 0.0122. The van der Waals surface area contributed by atoms with Gasteiger partial charge >= 0.3 is 18.3 Å². The van der Waals surface area contributed by atoms with E-state index in [1.165, 1.54) is 0 Å². The number of piperazine rings is 1. The van der Waals surface area contributed by atoms with E-state index in [1.54, 1.807) is 19.2 Å². The molecule has 1 aromatic carbocycles. The summed E-state index contributed by atoms with van der Waals surface area (Å²) in [6, 6.07) is 3.26. The molecule has 0 radical (unpaired) electrons. The van der Waals surface area contributed by atoms with Gasteiger partial charge in [0.05, 0.1) is 29.6 Å². The van der Waals surface area contributed by atoms with Crippen LogP contribution in [0.5, 0.6) is 11.8 Å². The van der Waals surface area contributed by atoms with Gasteiger partial charge in [-0.1, -0.05) is 6.92 Å². The SMILES string of the molecule is CCOC(=O)Oc1cc2c(c(-c3ncc4c(N5C[C@H]6CC[C@@H](C5)N6C(=O)OC(C)(C)C)nc(OC[C@@]56CCCN5C[C@H](F)C6)nc4c3F)c1)C(C)CCC2. The summed E-state index contributed by atoms with van der Waals surface area (Å²) in [7, 11) is 0. The highest BCUT2D eigenvalue weighted by atomic mass is 19.1. The number of carbonyl (C=O) groups is 2. The van der Waals surface area contributed by atoms with Crippen LogP contribution in [0, 0.1) is 5.82 Å². The molecule has 2 bridgehead atoms. The summed E-state index contributed by atoms with van der Waals surface area (Å²) in [5.41, 5.74) is 1.53. The first-order valence-corrected chi connectivity index (χ1v) is 19.5. The number of benzene rings is 1. The van der Waals surface area contributed by atoms with E-state index >= 15 is 4.39 Å². The lowest BCUT2D eigenvalue weighted by atomic mass is 9.80.